The highest BCUT2D eigenvalue weighted by Crippen LogP contribution is 2.31. The maximum absolute atomic E-state index is 13.1. The second kappa shape index (κ2) is 6.64. The number of halogens is 1. The third-order valence-corrected chi connectivity index (χ3v) is 5.84. The van der Waals surface area contributed by atoms with Gasteiger partial charge in [0, 0.05) is 12.5 Å². The zero-order chi connectivity index (χ0) is 18.0. The predicted molar refractivity (Wildman–Crippen MR) is 93.4 cm³/mol. The molecule has 0 fully saturated rings. The Labute approximate surface area is 145 Å². The van der Waals surface area contributed by atoms with Crippen LogP contribution in [0, 0.1) is 11.2 Å². The highest BCUT2D eigenvalue weighted by Gasteiger charge is 2.35. The average Bonchev–Trinajstić information content (AvgIpc) is 2.62. The lowest BCUT2D eigenvalue weighted by Gasteiger charge is -2.29. The van der Waals surface area contributed by atoms with E-state index in [4.69, 9.17) is 11.1 Å². The summed E-state index contributed by atoms with van der Waals surface area (Å²) in [6.07, 6.45) is 0.447. The van der Waals surface area contributed by atoms with Gasteiger partial charge in [-0.05, 0) is 36.2 Å². The first kappa shape index (κ1) is 17.1. The number of rotatable bonds is 2. The highest BCUT2D eigenvalue weighted by molar-refractivity contribution is 8.06. The molecule has 2 aromatic rings. The van der Waals surface area contributed by atoms with Crippen LogP contribution in [0.1, 0.15) is 17.9 Å². The minimum Gasteiger partial charge on any atom is -0.369 e. The van der Waals surface area contributed by atoms with Crippen LogP contribution < -0.4 is 5.73 Å². The SMILES string of the molecule is N=C(N)N1CCC(c2ccccc2)C(S(=O)(=O)c2ccc(F)cc2)=N1. The van der Waals surface area contributed by atoms with E-state index in [1.807, 2.05) is 30.3 Å². The predicted octanol–water partition coefficient (Wildman–Crippen LogP) is 2.30. The molecule has 0 spiro atoms. The van der Waals surface area contributed by atoms with Gasteiger partial charge in [0.05, 0.1) is 4.90 Å². The van der Waals surface area contributed by atoms with Crippen LogP contribution in [-0.4, -0.2) is 31.0 Å². The summed E-state index contributed by atoms with van der Waals surface area (Å²) in [7, 11) is -3.95. The first-order valence-electron chi connectivity index (χ1n) is 7.65. The third kappa shape index (κ3) is 3.39. The van der Waals surface area contributed by atoms with E-state index in [1.165, 1.54) is 12.1 Å². The number of hydrogen-bond donors (Lipinski definition) is 2. The Bertz CT molecular complexity index is 911. The van der Waals surface area contributed by atoms with Gasteiger partial charge in [0.25, 0.3) is 0 Å². The van der Waals surface area contributed by atoms with Crippen molar-refractivity contribution in [3.63, 3.8) is 0 Å². The van der Waals surface area contributed by atoms with Crippen LogP contribution in [0.2, 0.25) is 0 Å². The normalized spacial score (nSPS) is 17.9. The third-order valence-electron chi connectivity index (χ3n) is 4.03. The topological polar surface area (TPSA) is 99.6 Å². The molecule has 1 unspecified atom stereocenters. The van der Waals surface area contributed by atoms with Crippen molar-refractivity contribution in [1.82, 2.24) is 5.01 Å². The molecular weight excluding hydrogens is 343 g/mol. The summed E-state index contributed by atoms with van der Waals surface area (Å²) in [5.41, 5.74) is 6.29. The molecule has 0 aliphatic carbocycles. The smallest absolute Gasteiger partial charge is 0.222 e. The average molecular weight is 360 g/mol. The van der Waals surface area contributed by atoms with E-state index < -0.39 is 21.6 Å². The number of benzene rings is 2. The number of guanidine groups is 1. The summed E-state index contributed by atoms with van der Waals surface area (Å²) >= 11 is 0. The van der Waals surface area contributed by atoms with Crippen LogP contribution in [0.3, 0.4) is 0 Å². The first-order valence-corrected chi connectivity index (χ1v) is 9.13. The van der Waals surface area contributed by atoms with Crippen molar-refractivity contribution in [2.45, 2.75) is 17.2 Å². The Kier molecular flexibility index (Phi) is 4.54. The Morgan fingerprint density at radius 1 is 1.16 bits per heavy atom. The van der Waals surface area contributed by atoms with Crippen LogP contribution in [0.4, 0.5) is 4.39 Å². The van der Waals surface area contributed by atoms with Crippen molar-refractivity contribution >= 4 is 20.8 Å². The van der Waals surface area contributed by atoms with Crippen molar-refractivity contribution in [2.24, 2.45) is 10.8 Å². The maximum atomic E-state index is 13.1. The fourth-order valence-electron chi connectivity index (χ4n) is 2.76. The van der Waals surface area contributed by atoms with Gasteiger partial charge in [-0.2, -0.15) is 5.10 Å². The summed E-state index contributed by atoms with van der Waals surface area (Å²) in [6, 6.07) is 13.8. The van der Waals surface area contributed by atoms with Crippen molar-refractivity contribution in [3.05, 3.63) is 66.0 Å². The molecule has 2 aromatic carbocycles. The molecular formula is C17H17FN4O2S. The Balaban J connectivity index is 2.11. The van der Waals surface area contributed by atoms with E-state index in [0.29, 0.717) is 13.0 Å². The van der Waals surface area contributed by atoms with Gasteiger partial charge in [-0.15, -0.1) is 0 Å². The molecule has 1 heterocycles. The van der Waals surface area contributed by atoms with Crippen LogP contribution >= 0.6 is 0 Å². The van der Waals surface area contributed by atoms with Crippen LogP contribution in [0.15, 0.2) is 64.6 Å². The number of nitrogens with two attached hydrogens (primary N) is 1. The van der Waals surface area contributed by atoms with Gasteiger partial charge >= 0.3 is 0 Å². The van der Waals surface area contributed by atoms with Crippen molar-refractivity contribution < 1.29 is 12.8 Å². The monoisotopic (exact) mass is 360 g/mol. The molecule has 0 amide bonds. The lowest BCUT2D eigenvalue weighted by molar-refractivity contribution is 0.398. The summed E-state index contributed by atoms with van der Waals surface area (Å²) in [5.74, 6) is -1.29. The van der Waals surface area contributed by atoms with E-state index >= 15 is 0 Å². The first-order chi connectivity index (χ1) is 11.9. The van der Waals surface area contributed by atoms with Crippen molar-refractivity contribution in [1.29, 1.82) is 5.41 Å². The van der Waals surface area contributed by atoms with Crippen LogP contribution in [-0.2, 0) is 9.84 Å². The molecule has 0 saturated carbocycles. The zero-order valence-electron chi connectivity index (χ0n) is 13.3. The number of hydrogen-bond acceptors (Lipinski definition) is 4. The number of nitrogens with zero attached hydrogens (tertiary/aromatic N) is 2. The molecule has 3 N–H and O–H groups in total. The molecule has 1 aliphatic rings. The highest BCUT2D eigenvalue weighted by atomic mass is 32.2. The van der Waals surface area contributed by atoms with Gasteiger partial charge in [-0.25, -0.2) is 17.8 Å². The summed E-state index contributed by atoms with van der Waals surface area (Å²) in [4.78, 5) is -0.0426. The van der Waals surface area contributed by atoms with E-state index in [0.717, 1.165) is 22.7 Å². The number of nitrogens with one attached hydrogen (secondary N) is 1. The fourth-order valence-corrected chi connectivity index (χ4v) is 4.33. The standard InChI is InChI=1S/C17H17FN4O2S/c18-13-6-8-14(9-7-13)25(23,24)16-15(12-4-2-1-3-5-12)10-11-22(21-16)17(19)20/h1-9,15H,10-11H2,(H3,19,20). The second-order valence-corrected chi connectivity index (χ2v) is 7.55. The Hall–Kier alpha value is -2.74. The molecule has 25 heavy (non-hydrogen) atoms. The lowest BCUT2D eigenvalue weighted by Crippen LogP contribution is -2.41. The zero-order valence-corrected chi connectivity index (χ0v) is 14.1. The Morgan fingerprint density at radius 2 is 1.80 bits per heavy atom. The largest absolute Gasteiger partial charge is 0.369 e. The minimum atomic E-state index is -3.95. The Morgan fingerprint density at radius 3 is 2.40 bits per heavy atom. The summed E-state index contributed by atoms with van der Waals surface area (Å²) in [5, 5.41) is 12.7. The quantitative estimate of drug-likeness (QED) is 0.487. The number of sulfone groups is 1. The molecule has 0 saturated heterocycles. The van der Waals surface area contributed by atoms with Gasteiger partial charge < -0.3 is 5.73 Å². The van der Waals surface area contributed by atoms with E-state index in [-0.39, 0.29) is 15.9 Å². The molecule has 6 nitrogen and oxygen atoms in total. The molecule has 3 rings (SSSR count). The lowest BCUT2D eigenvalue weighted by atomic mass is 9.96. The fraction of sp³-hybridized carbons (Fsp3) is 0.176. The van der Waals surface area contributed by atoms with Crippen molar-refractivity contribution in [3.8, 4) is 0 Å². The molecule has 130 valence electrons. The molecule has 0 aromatic heterocycles. The van der Waals surface area contributed by atoms with Crippen molar-refractivity contribution in [2.75, 3.05) is 6.54 Å². The minimum absolute atomic E-state index is 0.0426. The summed E-state index contributed by atoms with van der Waals surface area (Å²) < 4.78 is 39.3. The molecule has 0 radical (unpaired) electrons. The summed E-state index contributed by atoms with van der Waals surface area (Å²) in [6.45, 7) is 0.345. The van der Waals surface area contributed by atoms with Gasteiger partial charge in [0.1, 0.15) is 5.82 Å². The molecule has 1 atom stereocenters. The van der Waals surface area contributed by atoms with E-state index in [9.17, 15) is 12.8 Å². The van der Waals surface area contributed by atoms with Gasteiger partial charge in [0.2, 0.25) is 15.8 Å². The van der Waals surface area contributed by atoms with Gasteiger partial charge in [-0.3, -0.25) is 5.41 Å². The van der Waals surface area contributed by atoms with Gasteiger partial charge in [0.15, 0.2) is 5.04 Å². The maximum Gasteiger partial charge on any atom is 0.222 e. The van der Waals surface area contributed by atoms with Crippen LogP contribution in [0.25, 0.3) is 0 Å². The van der Waals surface area contributed by atoms with E-state index in [1.54, 1.807) is 0 Å². The van der Waals surface area contributed by atoms with Crippen LogP contribution in [0.5, 0.6) is 0 Å². The molecule has 1 aliphatic heterocycles. The van der Waals surface area contributed by atoms with E-state index in [2.05, 4.69) is 5.10 Å². The van der Waals surface area contributed by atoms with Gasteiger partial charge in [-0.1, -0.05) is 30.3 Å². The number of hydrazone groups is 1. The molecule has 8 heteroatoms. The molecule has 0 bridgehead atoms. The second-order valence-electron chi connectivity index (χ2n) is 5.66.